The number of halogens is 1. The number of carbonyl (C=O) groups is 1. The van der Waals surface area contributed by atoms with Crippen LogP contribution in [0.4, 0.5) is 0 Å². The molecule has 0 rings (SSSR count). The van der Waals surface area contributed by atoms with Crippen molar-refractivity contribution >= 4 is 32.3 Å². The van der Waals surface area contributed by atoms with Gasteiger partial charge in [0.05, 0.1) is 0 Å². The molecule has 11 heavy (non-hydrogen) atoms. The minimum Gasteiger partial charge on any atom is -0.746 e. The van der Waals surface area contributed by atoms with Crippen LogP contribution >= 0.6 is 15.9 Å². The summed E-state index contributed by atoms with van der Waals surface area (Å²) in [6.45, 7) is 0. The van der Waals surface area contributed by atoms with E-state index in [9.17, 15) is 17.8 Å². The van der Waals surface area contributed by atoms with Gasteiger partial charge in [0.1, 0.15) is 21.2 Å². The van der Waals surface area contributed by atoms with Gasteiger partial charge < -0.3 is 14.5 Å². The first-order valence-corrected chi connectivity index (χ1v) is 4.50. The Kier molecular flexibility index (Phi) is 7.44. The molecule has 0 aliphatic carbocycles. The monoisotopic (exact) mass is 254 g/mol. The number of aliphatic hydroxyl groups excluding tert-OH is 1. The van der Waals surface area contributed by atoms with Crippen LogP contribution in [0.5, 0.6) is 0 Å². The average molecular weight is 255 g/mol. The molecule has 60 valence electrons. The van der Waals surface area contributed by atoms with Crippen molar-refractivity contribution in [2.45, 2.75) is 10.3 Å². The van der Waals surface area contributed by atoms with Gasteiger partial charge >= 0.3 is 29.6 Å². The molecule has 0 saturated carbocycles. The first-order chi connectivity index (χ1) is 4.39. The molecule has 0 fully saturated rings. The summed E-state index contributed by atoms with van der Waals surface area (Å²) in [4.78, 5) is 8.43. The van der Waals surface area contributed by atoms with E-state index >= 15 is 0 Å². The van der Waals surface area contributed by atoms with E-state index in [2.05, 4.69) is 15.9 Å². The number of hydrogen-bond acceptors (Lipinski definition) is 5. The smallest absolute Gasteiger partial charge is 0.746 e. The minimum absolute atomic E-state index is 0. The normalized spacial score (nSPS) is 16.3. The molecule has 0 radical (unpaired) electrons. The summed E-state index contributed by atoms with van der Waals surface area (Å²) in [5.41, 5.74) is -2.20. The summed E-state index contributed by atoms with van der Waals surface area (Å²) < 4.78 is 29.8. The van der Waals surface area contributed by atoms with Crippen molar-refractivity contribution < 1.29 is 52.4 Å². The van der Waals surface area contributed by atoms with E-state index in [1.54, 1.807) is 0 Å². The number of aldehydes is 1. The maximum absolute atomic E-state index is 9.94. The molecule has 0 aliphatic rings. The predicted octanol–water partition coefficient (Wildman–Crippen LogP) is -4.18. The first kappa shape index (κ1) is 14.5. The molecule has 2 atom stereocenters. The van der Waals surface area contributed by atoms with E-state index < -0.39 is 20.4 Å². The summed E-state index contributed by atoms with van der Waals surface area (Å²) in [5, 5.41) is 8.48. The molecule has 0 aromatic heterocycles. The zero-order valence-electron chi connectivity index (χ0n) is 5.60. The Bertz CT molecular complexity index is 214. The van der Waals surface area contributed by atoms with Gasteiger partial charge in [0, 0.05) is 0 Å². The standard InChI is InChI=1S/C3H5BrO5S.Na/c4-2(1-5)3(6)10(7,8)9;/h1-3,6H,(H,7,8,9);/q;+1/p-1. The van der Waals surface area contributed by atoms with Crippen LogP contribution in [0.25, 0.3) is 0 Å². The van der Waals surface area contributed by atoms with E-state index in [0.717, 1.165) is 0 Å². The second kappa shape index (κ2) is 5.63. The van der Waals surface area contributed by atoms with Crippen LogP contribution in [0.3, 0.4) is 0 Å². The molecule has 1 N–H and O–H groups in total. The van der Waals surface area contributed by atoms with Crippen molar-refractivity contribution in [2.75, 3.05) is 0 Å². The van der Waals surface area contributed by atoms with Gasteiger partial charge in [-0.05, 0) is 0 Å². The number of hydrogen-bond donors (Lipinski definition) is 1. The van der Waals surface area contributed by atoms with Gasteiger partial charge in [-0.15, -0.1) is 0 Å². The average Bonchev–Trinajstić information content (AvgIpc) is 1.83. The zero-order chi connectivity index (χ0) is 8.36. The Labute approximate surface area is 94.3 Å². The van der Waals surface area contributed by atoms with E-state index in [1.807, 2.05) is 0 Å². The Hall–Kier alpha value is 1.02. The van der Waals surface area contributed by atoms with Crippen LogP contribution in [0.15, 0.2) is 0 Å². The zero-order valence-corrected chi connectivity index (χ0v) is 10.0. The van der Waals surface area contributed by atoms with Crippen molar-refractivity contribution in [2.24, 2.45) is 0 Å². The predicted molar refractivity (Wildman–Crippen MR) is 34.5 cm³/mol. The maximum atomic E-state index is 9.94. The Morgan fingerprint density at radius 2 is 1.91 bits per heavy atom. The third kappa shape index (κ3) is 5.29. The molecule has 8 heteroatoms. The third-order valence-electron chi connectivity index (χ3n) is 0.698. The number of aliphatic hydroxyl groups is 1. The number of alkyl halides is 1. The second-order valence-electron chi connectivity index (χ2n) is 1.46. The van der Waals surface area contributed by atoms with Gasteiger partial charge in [0.2, 0.25) is 0 Å². The van der Waals surface area contributed by atoms with Crippen LogP contribution < -0.4 is 29.6 Å². The van der Waals surface area contributed by atoms with Crippen LogP contribution in [0.1, 0.15) is 0 Å². The fourth-order valence-corrected chi connectivity index (χ4v) is 1.40. The molecule has 0 aliphatic heterocycles. The van der Waals surface area contributed by atoms with Crippen molar-refractivity contribution in [1.82, 2.24) is 0 Å². The molecule has 0 heterocycles. The fourth-order valence-electron chi connectivity index (χ4n) is 0.226. The molecule has 5 nitrogen and oxygen atoms in total. The van der Waals surface area contributed by atoms with Crippen molar-refractivity contribution in [3.8, 4) is 0 Å². The van der Waals surface area contributed by atoms with Gasteiger partial charge in [-0.1, -0.05) is 15.9 Å². The summed E-state index contributed by atoms with van der Waals surface area (Å²) in [6.07, 6.45) is 0.125. The molecule has 2 unspecified atom stereocenters. The summed E-state index contributed by atoms with van der Waals surface area (Å²) >= 11 is 2.48. The molecular formula is C3H4BrNaO5S. The van der Waals surface area contributed by atoms with Gasteiger partial charge in [-0.25, -0.2) is 8.42 Å². The van der Waals surface area contributed by atoms with E-state index in [1.165, 1.54) is 0 Å². The van der Waals surface area contributed by atoms with Gasteiger partial charge in [-0.2, -0.15) is 0 Å². The number of rotatable bonds is 3. The third-order valence-corrected chi connectivity index (χ3v) is 2.65. The number of carbonyl (C=O) groups excluding carboxylic acids is 1. The van der Waals surface area contributed by atoms with E-state index in [-0.39, 0.29) is 35.8 Å². The maximum Gasteiger partial charge on any atom is 1.00 e. The second-order valence-corrected chi connectivity index (χ2v) is 3.99. The van der Waals surface area contributed by atoms with Crippen LogP contribution in [0.2, 0.25) is 0 Å². The van der Waals surface area contributed by atoms with E-state index in [4.69, 9.17) is 5.11 Å². The van der Waals surface area contributed by atoms with Gasteiger partial charge in [0.15, 0.2) is 5.44 Å². The van der Waals surface area contributed by atoms with Crippen molar-refractivity contribution in [3.05, 3.63) is 0 Å². The molecular weight excluding hydrogens is 251 g/mol. The summed E-state index contributed by atoms with van der Waals surface area (Å²) in [6, 6.07) is 0. The van der Waals surface area contributed by atoms with Gasteiger partial charge in [-0.3, -0.25) is 0 Å². The summed E-state index contributed by atoms with van der Waals surface area (Å²) in [7, 11) is -4.79. The van der Waals surface area contributed by atoms with Gasteiger partial charge in [0.25, 0.3) is 0 Å². The largest absolute Gasteiger partial charge is 1.00 e. The Morgan fingerprint density at radius 1 is 1.55 bits per heavy atom. The molecule has 0 bridgehead atoms. The SMILES string of the molecule is O=CC(Br)C(O)S(=O)(=O)[O-].[Na+]. The Balaban J connectivity index is 0. The quantitative estimate of drug-likeness (QED) is 0.239. The molecule has 0 aromatic carbocycles. The van der Waals surface area contributed by atoms with Crippen LogP contribution in [-0.2, 0) is 14.9 Å². The topological polar surface area (TPSA) is 94.5 Å². The molecule has 0 saturated heterocycles. The van der Waals surface area contributed by atoms with Crippen LogP contribution in [-0.4, -0.2) is 34.6 Å². The molecule has 0 spiro atoms. The molecule has 0 amide bonds. The van der Waals surface area contributed by atoms with Crippen LogP contribution in [0, 0.1) is 0 Å². The van der Waals surface area contributed by atoms with Crippen molar-refractivity contribution in [3.63, 3.8) is 0 Å². The minimum atomic E-state index is -4.79. The first-order valence-electron chi connectivity index (χ1n) is 2.11. The Morgan fingerprint density at radius 3 is 2.00 bits per heavy atom. The fraction of sp³-hybridized carbons (Fsp3) is 0.667. The van der Waals surface area contributed by atoms with Crippen molar-refractivity contribution in [1.29, 1.82) is 0 Å². The summed E-state index contributed by atoms with van der Waals surface area (Å²) in [5.74, 6) is 0. The molecule has 0 aromatic rings. The van der Waals surface area contributed by atoms with E-state index in [0.29, 0.717) is 0 Å².